The van der Waals surface area contributed by atoms with Crippen molar-refractivity contribution in [2.24, 2.45) is 0 Å². The van der Waals surface area contributed by atoms with E-state index in [9.17, 15) is 14.7 Å². The van der Waals surface area contributed by atoms with Crippen molar-refractivity contribution in [2.45, 2.75) is 26.3 Å². The number of carbonyl (C=O) groups excluding carboxylic acids is 2. The molecule has 35 heavy (non-hydrogen) atoms. The van der Waals surface area contributed by atoms with Crippen LogP contribution in [0.15, 0.2) is 48.0 Å². The summed E-state index contributed by atoms with van der Waals surface area (Å²) in [5.74, 6) is -0.0767. The number of aliphatic hydroxyl groups is 1. The Hall–Kier alpha value is -3.52. The second-order valence-corrected chi connectivity index (χ2v) is 8.21. The van der Waals surface area contributed by atoms with Crippen molar-refractivity contribution in [2.75, 3.05) is 47.5 Å². The highest BCUT2D eigenvalue weighted by molar-refractivity contribution is 6.46. The molecule has 1 fully saturated rings. The van der Waals surface area contributed by atoms with Crippen molar-refractivity contribution in [3.8, 4) is 17.2 Å². The van der Waals surface area contributed by atoms with Crippen LogP contribution in [0.4, 0.5) is 0 Å². The first-order valence-electron chi connectivity index (χ1n) is 11.8. The molecule has 1 heterocycles. The largest absolute Gasteiger partial charge is 0.507 e. The summed E-state index contributed by atoms with van der Waals surface area (Å²) in [5, 5.41) is 11.3. The van der Waals surface area contributed by atoms with Crippen LogP contribution in [0.25, 0.3) is 5.76 Å². The molecule has 0 aromatic heterocycles. The molecule has 8 heteroatoms. The number of hydrogen-bond donors (Lipinski definition) is 1. The average Bonchev–Trinajstić information content (AvgIpc) is 3.15. The first-order chi connectivity index (χ1) is 16.9. The molecule has 2 aromatic rings. The van der Waals surface area contributed by atoms with E-state index in [2.05, 4.69) is 18.7 Å². The standard InChI is InChI=1S/C27H34N2O6/c1-6-28(7-2)14-9-15-29-24(21-17-20(34-4)12-13-22(21)35-5)23(26(31)27(29)32)25(30)18-10-8-11-19(16-18)33-3/h8,10-13,16-17,24,30H,6-7,9,14-15H2,1-5H3/b25-23+/t24-/m1/s1. The van der Waals surface area contributed by atoms with E-state index < -0.39 is 17.7 Å². The summed E-state index contributed by atoms with van der Waals surface area (Å²) >= 11 is 0. The van der Waals surface area contributed by atoms with E-state index >= 15 is 0 Å². The van der Waals surface area contributed by atoms with Gasteiger partial charge in [0.1, 0.15) is 23.0 Å². The number of nitrogens with zero attached hydrogens (tertiary/aromatic N) is 2. The van der Waals surface area contributed by atoms with Gasteiger partial charge >= 0.3 is 0 Å². The number of likely N-dealkylation sites (tertiary alicyclic amines) is 1. The van der Waals surface area contributed by atoms with Crippen LogP contribution in [0.2, 0.25) is 0 Å². The normalized spacial score (nSPS) is 17.2. The summed E-state index contributed by atoms with van der Waals surface area (Å²) in [6, 6.07) is 11.1. The first-order valence-corrected chi connectivity index (χ1v) is 11.8. The number of Topliss-reactive ketones (excluding diaryl/α,β-unsaturated/α-hetero) is 1. The fourth-order valence-electron chi connectivity index (χ4n) is 4.42. The number of aliphatic hydroxyl groups excluding tert-OH is 1. The number of benzene rings is 2. The van der Waals surface area contributed by atoms with Gasteiger partial charge < -0.3 is 29.1 Å². The third-order valence-corrected chi connectivity index (χ3v) is 6.38. The quantitative estimate of drug-likeness (QED) is 0.296. The number of ketones is 1. The van der Waals surface area contributed by atoms with Crippen molar-refractivity contribution < 1.29 is 28.9 Å². The van der Waals surface area contributed by atoms with Crippen LogP contribution >= 0.6 is 0 Å². The Bertz CT molecular complexity index is 1090. The number of ether oxygens (including phenoxy) is 3. The van der Waals surface area contributed by atoms with Gasteiger partial charge in [-0.1, -0.05) is 26.0 Å². The Labute approximate surface area is 206 Å². The van der Waals surface area contributed by atoms with Crippen molar-refractivity contribution in [3.63, 3.8) is 0 Å². The van der Waals surface area contributed by atoms with Crippen LogP contribution in [0.5, 0.6) is 17.2 Å². The lowest BCUT2D eigenvalue weighted by Crippen LogP contribution is -2.33. The van der Waals surface area contributed by atoms with Gasteiger partial charge in [0, 0.05) is 17.7 Å². The third kappa shape index (κ3) is 5.43. The zero-order chi connectivity index (χ0) is 25.5. The second kappa shape index (κ2) is 11.8. The fraction of sp³-hybridized carbons (Fsp3) is 0.407. The fourth-order valence-corrected chi connectivity index (χ4v) is 4.42. The van der Waals surface area contributed by atoms with E-state index in [1.54, 1.807) is 49.6 Å². The third-order valence-electron chi connectivity index (χ3n) is 6.38. The van der Waals surface area contributed by atoms with Gasteiger partial charge in [-0.3, -0.25) is 9.59 Å². The average molecular weight is 483 g/mol. The summed E-state index contributed by atoms with van der Waals surface area (Å²) in [7, 11) is 4.60. The molecular formula is C27H34N2O6. The molecular weight excluding hydrogens is 448 g/mol. The molecule has 1 amide bonds. The number of carbonyl (C=O) groups is 2. The van der Waals surface area contributed by atoms with Gasteiger partial charge in [0.05, 0.1) is 32.9 Å². The second-order valence-electron chi connectivity index (χ2n) is 8.21. The molecule has 1 saturated heterocycles. The number of rotatable bonds is 11. The molecule has 1 aliphatic heterocycles. The zero-order valence-electron chi connectivity index (χ0n) is 21.0. The van der Waals surface area contributed by atoms with Gasteiger partial charge in [0.25, 0.3) is 11.7 Å². The van der Waals surface area contributed by atoms with Crippen LogP contribution in [0, 0.1) is 0 Å². The minimum atomic E-state index is -0.831. The van der Waals surface area contributed by atoms with Crippen LogP contribution in [0.1, 0.15) is 37.4 Å². The molecule has 1 atom stereocenters. The molecule has 0 radical (unpaired) electrons. The van der Waals surface area contributed by atoms with Crippen LogP contribution in [-0.4, -0.2) is 74.1 Å². The smallest absolute Gasteiger partial charge is 0.295 e. The van der Waals surface area contributed by atoms with Crippen molar-refractivity contribution in [1.29, 1.82) is 0 Å². The van der Waals surface area contributed by atoms with Crippen LogP contribution in [-0.2, 0) is 9.59 Å². The van der Waals surface area contributed by atoms with Gasteiger partial charge in [0.15, 0.2) is 0 Å². The molecule has 188 valence electrons. The molecule has 0 spiro atoms. The van der Waals surface area contributed by atoms with Gasteiger partial charge in [0.2, 0.25) is 0 Å². The van der Waals surface area contributed by atoms with Gasteiger partial charge in [-0.25, -0.2) is 0 Å². The Morgan fingerprint density at radius 1 is 0.971 bits per heavy atom. The number of methoxy groups -OCH3 is 3. The molecule has 0 saturated carbocycles. The molecule has 0 unspecified atom stereocenters. The Morgan fingerprint density at radius 3 is 2.29 bits per heavy atom. The highest BCUT2D eigenvalue weighted by atomic mass is 16.5. The van der Waals surface area contributed by atoms with Gasteiger partial charge in [-0.2, -0.15) is 0 Å². The van der Waals surface area contributed by atoms with Gasteiger partial charge in [-0.15, -0.1) is 0 Å². The maximum absolute atomic E-state index is 13.3. The minimum absolute atomic E-state index is 0.0117. The predicted octanol–water partition coefficient (Wildman–Crippen LogP) is 3.87. The lowest BCUT2D eigenvalue weighted by Gasteiger charge is -2.28. The highest BCUT2D eigenvalue weighted by Crippen LogP contribution is 2.44. The topological polar surface area (TPSA) is 88.5 Å². The summed E-state index contributed by atoms with van der Waals surface area (Å²) in [5.41, 5.74) is 0.966. The summed E-state index contributed by atoms with van der Waals surface area (Å²) in [6.45, 7) is 7.11. The molecule has 2 aromatic carbocycles. The first kappa shape index (κ1) is 26.1. The highest BCUT2D eigenvalue weighted by Gasteiger charge is 2.47. The minimum Gasteiger partial charge on any atom is -0.507 e. The predicted molar refractivity (Wildman–Crippen MR) is 134 cm³/mol. The lowest BCUT2D eigenvalue weighted by molar-refractivity contribution is -0.140. The summed E-state index contributed by atoms with van der Waals surface area (Å²) in [6.07, 6.45) is 0.677. The zero-order valence-corrected chi connectivity index (χ0v) is 21.0. The Kier molecular flexibility index (Phi) is 8.76. The van der Waals surface area contributed by atoms with E-state index in [0.29, 0.717) is 41.3 Å². The molecule has 0 aliphatic carbocycles. The summed E-state index contributed by atoms with van der Waals surface area (Å²) in [4.78, 5) is 30.3. The monoisotopic (exact) mass is 482 g/mol. The molecule has 8 nitrogen and oxygen atoms in total. The SMILES string of the molecule is CCN(CC)CCCN1C(=O)C(=O)/C(=C(/O)c2cccc(OC)c2)[C@H]1c1cc(OC)ccc1OC. The summed E-state index contributed by atoms with van der Waals surface area (Å²) < 4.78 is 16.3. The van der Waals surface area contributed by atoms with Crippen molar-refractivity contribution in [3.05, 3.63) is 59.2 Å². The van der Waals surface area contributed by atoms with E-state index in [4.69, 9.17) is 14.2 Å². The van der Waals surface area contributed by atoms with E-state index in [1.165, 1.54) is 19.1 Å². The molecule has 3 rings (SSSR count). The maximum atomic E-state index is 13.3. The molecule has 0 bridgehead atoms. The maximum Gasteiger partial charge on any atom is 0.295 e. The van der Waals surface area contributed by atoms with Gasteiger partial charge in [-0.05, 0) is 56.4 Å². The lowest BCUT2D eigenvalue weighted by atomic mass is 9.94. The number of hydrogen-bond acceptors (Lipinski definition) is 7. The van der Waals surface area contributed by atoms with E-state index in [0.717, 1.165) is 19.6 Å². The molecule has 1 aliphatic rings. The van der Waals surface area contributed by atoms with Crippen molar-refractivity contribution in [1.82, 2.24) is 9.80 Å². The van der Waals surface area contributed by atoms with Crippen LogP contribution in [0.3, 0.4) is 0 Å². The van der Waals surface area contributed by atoms with Crippen LogP contribution < -0.4 is 14.2 Å². The molecule has 1 N–H and O–H groups in total. The Balaban J connectivity index is 2.14. The van der Waals surface area contributed by atoms with Crippen molar-refractivity contribution >= 4 is 17.4 Å². The Morgan fingerprint density at radius 2 is 1.66 bits per heavy atom. The van der Waals surface area contributed by atoms with E-state index in [1.807, 2.05) is 0 Å². The number of amides is 1. The van der Waals surface area contributed by atoms with E-state index in [-0.39, 0.29) is 11.3 Å².